The van der Waals surface area contributed by atoms with Crippen LogP contribution in [-0.2, 0) is 11.3 Å². The first kappa shape index (κ1) is 18.3. The summed E-state index contributed by atoms with van der Waals surface area (Å²) in [5, 5.41) is 12.0. The Kier molecular flexibility index (Phi) is 4.20. The molecule has 0 aliphatic heterocycles. The first-order valence-corrected chi connectivity index (χ1v) is 10.2. The van der Waals surface area contributed by atoms with Crippen LogP contribution in [0.5, 0.6) is 5.75 Å². The second-order valence-electron chi connectivity index (χ2n) is 10.0. The first-order chi connectivity index (χ1) is 12.2. The van der Waals surface area contributed by atoms with E-state index in [4.69, 9.17) is 9.47 Å². The fourth-order valence-corrected chi connectivity index (χ4v) is 6.64. The fourth-order valence-electron chi connectivity index (χ4n) is 6.64. The maximum Gasteiger partial charge on any atom is 0.118 e. The van der Waals surface area contributed by atoms with Crippen molar-refractivity contribution in [2.24, 2.45) is 28.6 Å². The molecular formula is C23H34O3. The van der Waals surface area contributed by atoms with Gasteiger partial charge >= 0.3 is 0 Å². The van der Waals surface area contributed by atoms with Crippen molar-refractivity contribution in [2.75, 3.05) is 7.11 Å². The van der Waals surface area contributed by atoms with E-state index in [9.17, 15) is 5.11 Å². The predicted octanol–water partition coefficient (Wildman–Crippen LogP) is 4.81. The van der Waals surface area contributed by atoms with Crippen molar-refractivity contribution < 1.29 is 14.6 Å². The molecule has 144 valence electrons. The number of ether oxygens (including phenoxy) is 2. The van der Waals surface area contributed by atoms with Crippen molar-refractivity contribution in [1.29, 1.82) is 0 Å². The fraction of sp³-hybridized carbons (Fsp3) is 0.739. The minimum atomic E-state index is -0.708. The third-order valence-electron chi connectivity index (χ3n) is 8.30. The third kappa shape index (κ3) is 2.39. The van der Waals surface area contributed by atoms with Gasteiger partial charge in [-0.25, -0.2) is 0 Å². The summed E-state index contributed by atoms with van der Waals surface area (Å²) in [6.45, 7) is 9.86. The molecule has 3 aliphatic carbocycles. The summed E-state index contributed by atoms with van der Waals surface area (Å²) < 4.78 is 11.8. The monoisotopic (exact) mass is 358 g/mol. The molecule has 3 fully saturated rings. The van der Waals surface area contributed by atoms with E-state index in [0.717, 1.165) is 24.2 Å². The summed E-state index contributed by atoms with van der Waals surface area (Å²) >= 11 is 0. The van der Waals surface area contributed by atoms with Crippen LogP contribution in [0, 0.1) is 28.6 Å². The highest BCUT2D eigenvalue weighted by Crippen LogP contribution is 2.68. The molecule has 3 heteroatoms. The number of hydrogen-bond acceptors (Lipinski definition) is 3. The molecule has 1 aromatic rings. The zero-order chi connectivity index (χ0) is 18.7. The van der Waals surface area contributed by atoms with Crippen LogP contribution in [0.4, 0.5) is 0 Å². The van der Waals surface area contributed by atoms with Gasteiger partial charge in [0.15, 0.2) is 0 Å². The molecule has 3 saturated carbocycles. The molecule has 0 spiro atoms. The molecule has 2 bridgehead atoms. The standard InChI is InChI=1S/C23H34O3/c1-21(2)13-12-18-17-10-11-19(22(17,3)4)20(23(18,21)24)26-14-15-6-8-16(25-5)9-7-15/h6-9,17-20,24H,10-14H2,1-5H3/t17-,18-,19+,20+,23-/m0/s1. The smallest absolute Gasteiger partial charge is 0.118 e. The second kappa shape index (κ2) is 5.97. The molecule has 0 aromatic heterocycles. The molecule has 3 aliphatic rings. The van der Waals surface area contributed by atoms with Gasteiger partial charge in [0.2, 0.25) is 0 Å². The Balaban J connectivity index is 1.63. The van der Waals surface area contributed by atoms with E-state index in [1.54, 1.807) is 7.11 Å². The Morgan fingerprint density at radius 3 is 2.27 bits per heavy atom. The van der Waals surface area contributed by atoms with Crippen molar-refractivity contribution in [3.05, 3.63) is 29.8 Å². The molecule has 26 heavy (non-hydrogen) atoms. The van der Waals surface area contributed by atoms with Crippen LogP contribution in [-0.4, -0.2) is 23.9 Å². The van der Waals surface area contributed by atoms with Crippen LogP contribution >= 0.6 is 0 Å². The van der Waals surface area contributed by atoms with Gasteiger partial charge in [-0.15, -0.1) is 0 Å². The average molecular weight is 359 g/mol. The Labute approximate surface area is 158 Å². The number of fused-ring (bicyclic) bond motifs is 4. The van der Waals surface area contributed by atoms with Gasteiger partial charge in [-0.05, 0) is 72.0 Å². The van der Waals surface area contributed by atoms with Gasteiger partial charge in [-0.3, -0.25) is 0 Å². The van der Waals surface area contributed by atoms with Gasteiger partial charge in [-0.1, -0.05) is 39.8 Å². The molecule has 1 N–H and O–H groups in total. The van der Waals surface area contributed by atoms with Crippen LogP contribution in [0.2, 0.25) is 0 Å². The lowest BCUT2D eigenvalue weighted by Crippen LogP contribution is -2.65. The first-order valence-electron chi connectivity index (χ1n) is 10.2. The molecule has 1 aromatic carbocycles. The van der Waals surface area contributed by atoms with Crippen LogP contribution < -0.4 is 4.74 Å². The van der Waals surface area contributed by atoms with Crippen LogP contribution in [0.3, 0.4) is 0 Å². The third-order valence-corrected chi connectivity index (χ3v) is 8.30. The minimum Gasteiger partial charge on any atom is -0.497 e. The largest absolute Gasteiger partial charge is 0.497 e. The second-order valence-corrected chi connectivity index (χ2v) is 10.0. The van der Waals surface area contributed by atoms with E-state index in [1.807, 2.05) is 12.1 Å². The lowest BCUT2D eigenvalue weighted by atomic mass is 9.53. The molecule has 0 radical (unpaired) electrons. The van der Waals surface area contributed by atoms with Gasteiger partial charge in [0.1, 0.15) is 5.75 Å². The molecule has 0 saturated heterocycles. The summed E-state index contributed by atoms with van der Waals surface area (Å²) in [6.07, 6.45) is 4.56. The Morgan fingerprint density at radius 2 is 1.62 bits per heavy atom. The van der Waals surface area contributed by atoms with Crippen LogP contribution in [0.25, 0.3) is 0 Å². The Hall–Kier alpha value is -1.06. The lowest BCUT2D eigenvalue weighted by molar-refractivity contribution is -0.243. The number of rotatable bonds is 4. The molecular weight excluding hydrogens is 324 g/mol. The Bertz CT molecular complexity index is 661. The summed E-state index contributed by atoms with van der Waals surface area (Å²) in [7, 11) is 1.68. The van der Waals surface area contributed by atoms with Gasteiger partial charge in [-0.2, -0.15) is 0 Å². The number of methoxy groups -OCH3 is 1. The van der Waals surface area contributed by atoms with Crippen molar-refractivity contribution in [3.63, 3.8) is 0 Å². The average Bonchev–Trinajstić information content (AvgIpc) is 2.96. The van der Waals surface area contributed by atoms with E-state index in [1.165, 1.54) is 12.8 Å². The summed E-state index contributed by atoms with van der Waals surface area (Å²) in [4.78, 5) is 0. The quantitative estimate of drug-likeness (QED) is 0.839. The van der Waals surface area contributed by atoms with Crippen LogP contribution in [0.15, 0.2) is 24.3 Å². The van der Waals surface area contributed by atoms with Gasteiger partial charge < -0.3 is 14.6 Å². The molecule has 4 rings (SSSR count). The van der Waals surface area contributed by atoms with Crippen molar-refractivity contribution in [2.45, 2.75) is 71.7 Å². The Morgan fingerprint density at radius 1 is 0.962 bits per heavy atom. The maximum atomic E-state index is 12.0. The number of hydrogen-bond donors (Lipinski definition) is 1. The minimum absolute atomic E-state index is 0.0825. The molecule has 3 nitrogen and oxygen atoms in total. The van der Waals surface area contributed by atoms with Crippen molar-refractivity contribution in [1.82, 2.24) is 0 Å². The molecule has 0 unspecified atom stereocenters. The van der Waals surface area contributed by atoms with E-state index in [2.05, 4.69) is 39.8 Å². The molecule has 0 heterocycles. The van der Waals surface area contributed by atoms with E-state index < -0.39 is 5.60 Å². The SMILES string of the molecule is COc1ccc(CO[C@@H]2[C@H]3CC[C@@H]([C@@H]4CCC(C)(C)[C@@]24O)C3(C)C)cc1. The van der Waals surface area contributed by atoms with Crippen molar-refractivity contribution in [3.8, 4) is 5.75 Å². The number of aliphatic hydroxyl groups is 1. The predicted molar refractivity (Wildman–Crippen MR) is 103 cm³/mol. The topological polar surface area (TPSA) is 38.7 Å². The van der Waals surface area contributed by atoms with Gasteiger partial charge in [0, 0.05) is 0 Å². The number of benzene rings is 1. The van der Waals surface area contributed by atoms with E-state index in [-0.39, 0.29) is 16.9 Å². The highest BCUT2D eigenvalue weighted by Gasteiger charge is 2.70. The normalized spacial score (nSPS) is 39.6. The molecule has 5 atom stereocenters. The van der Waals surface area contributed by atoms with Crippen molar-refractivity contribution >= 4 is 0 Å². The maximum absolute atomic E-state index is 12.0. The van der Waals surface area contributed by atoms with E-state index in [0.29, 0.717) is 24.4 Å². The summed E-state index contributed by atoms with van der Waals surface area (Å²) in [5.74, 6) is 2.29. The highest BCUT2D eigenvalue weighted by molar-refractivity contribution is 5.27. The zero-order valence-electron chi connectivity index (χ0n) is 16.9. The van der Waals surface area contributed by atoms with Crippen LogP contribution in [0.1, 0.15) is 58.9 Å². The van der Waals surface area contributed by atoms with Gasteiger partial charge in [0.25, 0.3) is 0 Å². The summed E-state index contributed by atoms with van der Waals surface area (Å²) in [5.41, 5.74) is 0.599. The van der Waals surface area contributed by atoms with Gasteiger partial charge in [0.05, 0.1) is 25.4 Å². The lowest BCUT2D eigenvalue weighted by Gasteiger charge is -2.57. The highest BCUT2D eigenvalue weighted by atomic mass is 16.5. The molecule has 0 amide bonds. The summed E-state index contributed by atoms with van der Waals surface area (Å²) in [6, 6.07) is 8.08. The zero-order valence-corrected chi connectivity index (χ0v) is 16.9. The van der Waals surface area contributed by atoms with E-state index >= 15 is 0 Å².